The number of hydrogen-bond acceptors (Lipinski definition) is 5. The number of ether oxygens (including phenoxy) is 1. The van der Waals surface area contributed by atoms with Gasteiger partial charge in [-0.2, -0.15) is 5.10 Å². The molecule has 174 valence electrons. The first-order chi connectivity index (χ1) is 16.2. The molecular weight excluding hydrogens is 452 g/mol. The molecule has 0 aliphatic carbocycles. The first-order valence-electron chi connectivity index (χ1n) is 10.5. The van der Waals surface area contributed by atoms with Crippen molar-refractivity contribution in [1.82, 2.24) is 9.78 Å². The second-order valence-corrected chi connectivity index (χ2v) is 9.38. The number of benzene rings is 3. The highest BCUT2D eigenvalue weighted by atomic mass is 32.2. The van der Waals surface area contributed by atoms with Gasteiger partial charge in [0.05, 0.1) is 23.4 Å². The van der Waals surface area contributed by atoms with Crippen LogP contribution in [-0.4, -0.2) is 31.2 Å². The molecule has 0 unspecified atom stereocenters. The van der Waals surface area contributed by atoms with Gasteiger partial charge in [-0.3, -0.25) is 9.52 Å². The zero-order chi connectivity index (χ0) is 24.3. The molecule has 8 nitrogen and oxygen atoms in total. The molecule has 0 atom stereocenters. The largest absolute Gasteiger partial charge is 0.497 e. The maximum Gasteiger partial charge on any atom is 0.261 e. The van der Waals surface area contributed by atoms with Crippen molar-refractivity contribution in [2.75, 3.05) is 17.1 Å². The summed E-state index contributed by atoms with van der Waals surface area (Å²) >= 11 is 0. The van der Waals surface area contributed by atoms with Crippen LogP contribution in [0.1, 0.15) is 21.7 Å². The van der Waals surface area contributed by atoms with Crippen molar-refractivity contribution in [3.05, 3.63) is 95.8 Å². The molecule has 0 bridgehead atoms. The standard InChI is InChI=1S/C25H24N4O4S/c1-17-15-18(2)29(27-17)22-11-7-19(8-12-22)25(30)26-21-5-4-6-24(16-21)34(31,32)28-20-9-13-23(33-3)14-10-20/h4-16,28H,1-3H3,(H,26,30). The van der Waals surface area contributed by atoms with E-state index < -0.39 is 10.0 Å². The van der Waals surface area contributed by atoms with Crippen LogP contribution in [0.25, 0.3) is 5.69 Å². The second-order valence-electron chi connectivity index (χ2n) is 7.70. The average molecular weight is 477 g/mol. The summed E-state index contributed by atoms with van der Waals surface area (Å²) in [5.41, 5.74) is 3.96. The number of aromatic nitrogens is 2. The number of sulfonamides is 1. The molecule has 0 radical (unpaired) electrons. The number of methoxy groups -OCH3 is 1. The normalized spacial score (nSPS) is 11.1. The molecule has 1 heterocycles. The fourth-order valence-corrected chi connectivity index (χ4v) is 4.57. The number of hydrogen-bond donors (Lipinski definition) is 2. The number of anilines is 2. The summed E-state index contributed by atoms with van der Waals surface area (Å²) in [7, 11) is -2.31. The molecule has 3 aromatic carbocycles. The van der Waals surface area contributed by atoms with Crippen LogP contribution in [0.4, 0.5) is 11.4 Å². The highest BCUT2D eigenvalue weighted by Crippen LogP contribution is 2.22. The topological polar surface area (TPSA) is 102 Å². The van der Waals surface area contributed by atoms with Crippen LogP contribution in [0, 0.1) is 13.8 Å². The van der Waals surface area contributed by atoms with Crippen molar-refractivity contribution in [3.63, 3.8) is 0 Å². The van der Waals surface area contributed by atoms with Crippen molar-refractivity contribution in [2.24, 2.45) is 0 Å². The summed E-state index contributed by atoms with van der Waals surface area (Å²) in [5.74, 6) is 0.271. The lowest BCUT2D eigenvalue weighted by molar-refractivity contribution is 0.102. The Labute approximate surface area is 198 Å². The first-order valence-corrected chi connectivity index (χ1v) is 12.0. The molecular formula is C25H24N4O4S. The molecule has 1 aromatic heterocycles. The Morgan fingerprint density at radius 1 is 0.912 bits per heavy atom. The molecule has 34 heavy (non-hydrogen) atoms. The molecule has 4 rings (SSSR count). The van der Waals surface area contributed by atoms with Gasteiger partial charge in [0.15, 0.2) is 0 Å². The van der Waals surface area contributed by atoms with E-state index in [1.165, 1.54) is 19.2 Å². The number of nitrogens with zero attached hydrogens (tertiary/aromatic N) is 2. The number of aryl methyl sites for hydroxylation is 2. The number of carbonyl (C=O) groups is 1. The van der Waals surface area contributed by atoms with Crippen molar-refractivity contribution in [3.8, 4) is 11.4 Å². The Balaban J connectivity index is 1.48. The molecule has 0 saturated heterocycles. The van der Waals surface area contributed by atoms with Gasteiger partial charge in [0, 0.05) is 22.6 Å². The molecule has 2 N–H and O–H groups in total. The molecule has 0 aliphatic rings. The Bertz CT molecular complexity index is 1430. The van der Waals surface area contributed by atoms with Crippen LogP contribution >= 0.6 is 0 Å². The van der Waals surface area contributed by atoms with Gasteiger partial charge in [-0.1, -0.05) is 6.07 Å². The Morgan fingerprint density at radius 3 is 2.24 bits per heavy atom. The van der Waals surface area contributed by atoms with Crippen molar-refractivity contribution in [2.45, 2.75) is 18.7 Å². The monoisotopic (exact) mass is 476 g/mol. The maximum atomic E-state index is 12.8. The van der Waals surface area contributed by atoms with Crippen LogP contribution in [-0.2, 0) is 10.0 Å². The third kappa shape index (κ3) is 5.10. The molecule has 0 fully saturated rings. The SMILES string of the molecule is COc1ccc(NS(=O)(=O)c2cccc(NC(=O)c3ccc(-n4nc(C)cc4C)cc3)c2)cc1. The summed E-state index contributed by atoms with van der Waals surface area (Å²) < 4.78 is 35.0. The van der Waals surface area contributed by atoms with Gasteiger partial charge in [-0.15, -0.1) is 0 Å². The van der Waals surface area contributed by atoms with Crippen molar-refractivity contribution >= 4 is 27.3 Å². The molecule has 0 spiro atoms. The average Bonchev–Trinajstić information content (AvgIpc) is 3.17. The lowest BCUT2D eigenvalue weighted by Gasteiger charge is -2.11. The van der Waals surface area contributed by atoms with E-state index in [0.29, 0.717) is 22.7 Å². The number of amides is 1. The van der Waals surface area contributed by atoms with Gasteiger partial charge in [0.2, 0.25) is 0 Å². The van der Waals surface area contributed by atoms with Crippen LogP contribution < -0.4 is 14.8 Å². The van der Waals surface area contributed by atoms with Crippen LogP contribution in [0.3, 0.4) is 0 Å². The predicted octanol–water partition coefficient (Wildman–Crippen LogP) is 4.55. The molecule has 0 saturated carbocycles. The van der Waals surface area contributed by atoms with Gasteiger partial charge >= 0.3 is 0 Å². The van der Waals surface area contributed by atoms with Gasteiger partial charge in [0.25, 0.3) is 15.9 Å². The van der Waals surface area contributed by atoms with Crippen LogP contribution in [0.15, 0.2) is 83.8 Å². The number of rotatable bonds is 7. The van der Waals surface area contributed by atoms with Gasteiger partial charge in [0.1, 0.15) is 5.75 Å². The Hall–Kier alpha value is -4.11. The van der Waals surface area contributed by atoms with E-state index in [4.69, 9.17) is 4.74 Å². The molecule has 4 aromatic rings. The lowest BCUT2D eigenvalue weighted by Crippen LogP contribution is -2.15. The van der Waals surface area contributed by atoms with E-state index >= 15 is 0 Å². The first kappa shape index (κ1) is 23.1. The third-order valence-corrected chi connectivity index (χ3v) is 6.51. The highest BCUT2D eigenvalue weighted by molar-refractivity contribution is 7.92. The van der Waals surface area contributed by atoms with E-state index in [1.807, 2.05) is 32.0 Å². The number of carbonyl (C=O) groups excluding carboxylic acids is 1. The smallest absolute Gasteiger partial charge is 0.261 e. The van der Waals surface area contributed by atoms with E-state index in [2.05, 4.69) is 15.1 Å². The van der Waals surface area contributed by atoms with Crippen LogP contribution in [0.2, 0.25) is 0 Å². The zero-order valence-corrected chi connectivity index (χ0v) is 19.8. The third-order valence-electron chi connectivity index (χ3n) is 5.13. The quantitative estimate of drug-likeness (QED) is 0.407. The fourth-order valence-electron chi connectivity index (χ4n) is 3.46. The summed E-state index contributed by atoms with van der Waals surface area (Å²) in [6.07, 6.45) is 0. The molecule has 0 aliphatic heterocycles. The van der Waals surface area contributed by atoms with Gasteiger partial charge in [-0.05, 0) is 86.6 Å². The summed E-state index contributed by atoms with van der Waals surface area (Å²) in [6.45, 7) is 3.89. The van der Waals surface area contributed by atoms with Gasteiger partial charge < -0.3 is 10.1 Å². The molecule has 9 heteroatoms. The lowest BCUT2D eigenvalue weighted by atomic mass is 10.2. The maximum absolute atomic E-state index is 12.8. The fraction of sp³-hybridized carbons (Fsp3) is 0.120. The van der Waals surface area contributed by atoms with E-state index in [9.17, 15) is 13.2 Å². The minimum absolute atomic E-state index is 0.0287. The second kappa shape index (κ2) is 9.40. The van der Waals surface area contributed by atoms with E-state index in [-0.39, 0.29) is 10.8 Å². The summed E-state index contributed by atoms with van der Waals surface area (Å²) in [5, 5.41) is 7.20. The number of nitrogens with one attached hydrogen (secondary N) is 2. The van der Waals surface area contributed by atoms with Crippen molar-refractivity contribution < 1.29 is 17.9 Å². The van der Waals surface area contributed by atoms with Gasteiger partial charge in [-0.25, -0.2) is 13.1 Å². The minimum atomic E-state index is -3.85. The Kier molecular flexibility index (Phi) is 6.38. The summed E-state index contributed by atoms with van der Waals surface area (Å²) in [4.78, 5) is 12.8. The Morgan fingerprint density at radius 2 is 1.62 bits per heavy atom. The molecule has 1 amide bonds. The minimum Gasteiger partial charge on any atom is -0.497 e. The van der Waals surface area contributed by atoms with Crippen LogP contribution in [0.5, 0.6) is 5.75 Å². The van der Waals surface area contributed by atoms with E-state index in [1.54, 1.807) is 53.2 Å². The summed E-state index contributed by atoms with van der Waals surface area (Å²) in [6, 6.07) is 21.6. The van der Waals surface area contributed by atoms with E-state index in [0.717, 1.165) is 17.1 Å². The zero-order valence-electron chi connectivity index (χ0n) is 18.9. The predicted molar refractivity (Wildman–Crippen MR) is 131 cm³/mol. The highest BCUT2D eigenvalue weighted by Gasteiger charge is 2.16. The van der Waals surface area contributed by atoms with Crippen molar-refractivity contribution in [1.29, 1.82) is 0 Å².